The van der Waals surface area contributed by atoms with Gasteiger partial charge in [-0.3, -0.25) is 19.5 Å². The second-order valence-electron chi connectivity index (χ2n) is 8.46. The molecule has 0 spiro atoms. The smallest absolute Gasteiger partial charge is 0.300 e. The monoisotopic (exact) mass is 490 g/mol. The third-order valence-corrected chi connectivity index (χ3v) is 6.28. The van der Waals surface area contributed by atoms with E-state index in [1.165, 1.54) is 4.90 Å². The van der Waals surface area contributed by atoms with E-state index in [0.717, 1.165) is 24.8 Å². The van der Waals surface area contributed by atoms with Crippen LogP contribution in [0.15, 0.2) is 72.6 Å². The minimum atomic E-state index is -0.833. The van der Waals surface area contributed by atoms with Crippen LogP contribution < -0.4 is 9.64 Å². The number of aliphatic hydroxyl groups excluding tert-OH is 1. The Labute approximate surface area is 209 Å². The highest BCUT2D eigenvalue weighted by Crippen LogP contribution is 2.43. The molecule has 7 heteroatoms. The van der Waals surface area contributed by atoms with E-state index in [1.807, 2.05) is 6.92 Å². The zero-order valence-electron chi connectivity index (χ0n) is 19.7. The number of aromatic nitrogens is 1. The van der Waals surface area contributed by atoms with Gasteiger partial charge < -0.3 is 9.84 Å². The van der Waals surface area contributed by atoms with Crippen LogP contribution in [0.2, 0.25) is 5.02 Å². The van der Waals surface area contributed by atoms with E-state index in [4.69, 9.17) is 16.3 Å². The minimum Gasteiger partial charge on any atom is -0.507 e. The van der Waals surface area contributed by atoms with Gasteiger partial charge in [0.15, 0.2) is 0 Å². The quantitative estimate of drug-likeness (QED) is 0.175. The molecule has 1 aromatic heterocycles. The molecule has 1 atom stereocenters. The van der Waals surface area contributed by atoms with Crippen molar-refractivity contribution in [2.24, 2.45) is 0 Å². The lowest BCUT2D eigenvalue weighted by atomic mass is 9.95. The van der Waals surface area contributed by atoms with Crippen molar-refractivity contribution in [2.75, 3.05) is 11.5 Å². The number of carbonyl (C=O) groups excluding carboxylic acids is 2. The molecule has 4 rings (SSSR count). The summed E-state index contributed by atoms with van der Waals surface area (Å²) in [4.78, 5) is 32.0. The maximum Gasteiger partial charge on any atom is 0.300 e. The zero-order valence-corrected chi connectivity index (χ0v) is 20.5. The summed E-state index contributed by atoms with van der Waals surface area (Å²) in [5.74, 6) is -1.05. The molecule has 2 heterocycles. The highest BCUT2D eigenvalue weighted by molar-refractivity contribution is 6.52. The van der Waals surface area contributed by atoms with Gasteiger partial charge in [-0.05, 0) is 73.0 Å². The van der Waals surface area contributed by atoms with E-state index in [9.17, 15) is 14.7 Å². The molecule has 1 amide bonds. The van der Waals surface area contributed by atoms with Crippen LogP contribution in [0.1, 0.15) is 48.9 Å². The lowest BCUT2D eigenvalue weighted by molar-refractivity contribution is -0.132. The molecule has 1 N–H and O–H groups in total. The summed E-state index contributed by atoms with van der Waals surface area (Å²) < 4.78 is 5.75. The molecular weight excluding hydrogens is 464 g/mol. The Morgan fingerprint density at radius 3 is 2.46 bits per heavy atom. The number of hydrogen-bond acceptors (Lipinski definition) is 5. The Morgan fingerprint density at radius 1 is 1.06 bits per heavy atom. The van der Waals surface area contributed by atoms with E-state index in [2.05, 4.69) is 11.9 Å². The molecule has 1 saturated heterocycles. The van der Waals surface area contributed by atoms with Crippen molar-refractivity contribution in [2.45, 2.75) is 39.2 Å². The topological polar surface area (TPSA) is 79.7 Å². The first-order chi connectivity index (χ1) is 16.9. The summed E-state index contributed by atoms with van der Waals surface area (Å²) in [5, 5.41) is 11.7. The van der Waals surface area contributed by atoms with Gasteiger partial charge >= 0.3 is 0 Å². The van der Waals surface area contributed by atoms with Crippen molar-refractivity contribution in [1.82, 2.24) is 4.98 Å². The van der Waals surface area contributed by atoms with Gasteiger partial charge in [-0.15, -0.1) is 0 Å². The molecule has 1 aliphatic heterocycles. The molecule has 0 radical (unpaired) electrons. The van der Waals surface area contributed by atoms with E-state index < -0.39 is 17.7 Å². The second kappa shape index (κ2) is 10.7. The molecule has 0 aliphatic carbocycles. The van der Waals surface area contributed by atoms with Gasteiger partial charge in [0.05, 0.1) is 18.2 Å². The van der Waals surface area contributed by atoms with Crippen molar-refractivity contribution >= 4 is 34.7 Å². The molecule has 1 unspecified atom stereocenters. The van der Waals surface area contributed by atoms with Crippen LogP contribution in [0.4, 0.5) is 5.69 Å². The first-order valence-electron chi connectivity index (χ1n) is 11.6. The Balaban J connectivity index is 1.77. The molecule has 6 nitrogen and oxygen atoms in total. The van der Waals surface area contributed by atoms with Crippen LogP contribution in [-0.2, 0) is 9.59 Å². The highest BCUT2D eigenvalue weighted by Gasteiger charge is 2.47. The summed E-state index contributed by atoms with van der Waals surface area (Å²) in [7, 11) is 0. The fourth-order valence-corrected chi connectivity index (χ4v) is 4.36. The van der Waals surface area contributed by atoms with E-state index in [-0.39, 0.29) is 11.3 Å². The SMILES string of the molecule is CCCCCOc1ccc(/C(O)=C2\C(=O)C(=O)N(c3cc(Cl)ccc3C)C2c2ccncc2)cc1. The summed E-state index contributed by atoms with van der Waals surface area (Å²) >= 11 is 6.23. The van der Waals surface area contributed by atoms with Gasteiger partial charge in [0.1, 0.15) is 11.5 Å². The summed E-state index contributed by atoms with van der Waals surface area (Å²) in [5.41, 5.74) is 2.37. The molecular formula is C28H27ClN2O4. The molecule has 35 heavy (non-hydrogen) atoms. The van der Waals surface area contributed by atoms with Gasteiger partial charge in [0, 0.05) is 28.7 Å². The van der Waals surface area contributed by atoms with Crippen LogP contribution in [0.25, 0.3) is 5.76 Å². The van der Waals surface area contributed by atoms with Gasteiger partial charge in [0.25, 0.3) is 11.7 Å². The number of aliphatic hydroxyl groups is 1. The third kappa shape index (κ3) is 5.08. The summed E-state index contributed by atoms with van der Waals surface area (Å²) in [6.45, 7) is 4.59. The van der Waals surface area contributed by atoms with Crippen LogP contribution in [0.5, 0.6) is 5.75 Å². The van der Waals surface area contributed by atoms with Crippen LogP contribution in [0, 0.1) is 6.92 Å². The van der Waals surface area contributed by atoms with E-state index >= 15 is 0 Å². The largest absolute Gasteiger partial charge is 0.507 e. The Hall–Kier alpha value is -3.64. The summed E-state index contributed by atoms with van der Waals surface area (Å²) in [6.07, 6.45) is 6.35. The van der Waals surface area contributed by atoms with Gasteiger partial charge in [0.2, 0.25) is 0 Å². The van der Waals surface area contributed by atoms with E-state index in [0.29, 0.717) is 34.2 Å². The average Bonchev–Trinajstić information content (AvgIpc) is 3.14. The predicted octanol–water partition coefficient (Wildman–Crippen LogP) is 6.24. The third-order valence-electron chi connectivity index (χ3n) is 6.04. The van der Waals surface area contributed by atoms with Gasteiger partial charge in [-0.1, -0.05) is 37.4 Å². The number of carbonyl (C=O) groups is 2. The van der Waals surface area contributed by atoms with Gasteiger partial charge in [-0.2, -0.15) is 0 Å². The zero-order chi connectivity index (χ0) is 24.9. The number of hydrogen-bond donors (Lipinski definition) is 1. The standard InChI is InChI=1S/C28H27ClN2O4/c1-3-4-5-16-35-22-10-7-20(8-11-22)26(32)24-25(19-12-14-30-15-13-19)31(28(34)27(24)33)23-17-21(29)9-6-18(23)2/h6-15,17,25,32H,3-5,16H2,1-2H3/b26-24+. The number of unbranched alkanes of at least 4 members (excludes halogenated alkanes) is 2. The number of halogens is 1. The fraction of sp³-hybridized carbons (Fsp3) is 0.250. The maximum atomic E-state index is 13.3. The number of Topliss-reactive ketones (excluding diaryl/α,β-unsaturated/α-hetero) is 1. The Morgan fingerprint density at radius 2 is 1.77 bits per heavy atom. The second-order valence-corrected chi connectivity index (χ2v) is 8.90. The van der Waals surface area contributed by atoms with E-state index in [1.54, 1.807) is 67.0 Å². The normalized spacial score (nSPS) is 17.1. The Bertz CT molecular complexity index is 1260. The van der Waals surface area contributed by atoms with Crippen LogP contribution in [0.3, 0.4) is 0 Å². The molecule has 180 valence electrons. The minimum absolute atomic E-state index is 0.0113. The number of ketones is 1. The van der Waals surface area contributed by atoms with Crippen LogP contribution >= 0.6 is 11.6 Å². The number of nitrogens with zero attached hydrogens (tertiary/aromatic N) is 2. The number of rotatable bonds is 8. The van der Waals surface area contributed by atoms with Crippen molar-refractivity contribution in [3.05, 3.63) is 94.3 Å². The van der Waals surface area contributed by atoms with Crippen molar-refractivity contribution in [3.8, 4) is 5.75 Å². The number of aryl methyl sites for hydroxylation is 1. The first kappa shape index (κ1) is 24.5. The molecule has 0 bridgehead atoms. The van der Waals surface area contributed by atoms with Crippen molar-refractivity contribution < 1.29 is 19.4 Å². The number of benzene rings is 2. The van der Waals surface area contributed by atoms with Crippen molar-refractivity contribution in [1.29, 1.82) is 0 Å². The molecule has 0 saturated carbocycles. The molecule has 1 aliphatic rings. The Kier molecular flexibility index (Phi) is 7.51. The number of pyridine rings is 1. The lowest BCUT2D eigenvalue weighted by Crippen LogP contribution is -2.30. The summed E-state index contributed by atoms with van der Waals surface area (Å²) in [6, 6.07) is 14.7. The van der Waals surface area contributed by atoms with Gasteiger partial charge in [-0.25, -0.2) is 0 Å². The maximum absolute atomic E-state index is 13.3. The van der Waals surface area contributed by atoms with Crippen molar-refractivity contribution in [3.63, 3.8) is 0 Å². The average molecular weight is 491 g/mol. The fourth-order valence-electron chi connectivity index (χ4n) is 4.19. The molecule has 2 aromatic carbocycles. The lowest BCUT2D eigenvalue weighted by Gasteiger charge is -2.26. The number of amides is 1. The first-order valence-corrected chi connectivity index (χ1v) is 12.0. The van der Waals surface area contributed by atoms with Crippen LogP contribution in [-0.4, -0.2) is 28.4 Å². The predicted molar refractivity (Wildman–Crippen MR) is 137 cm³/mol. The molecule has 1 fully saturated rings. The number of ether oxygens (including phenoxy) is 1. The number of anilines is 1. The highest BCUT2D eigenvalue weighted by atomic mass is 35.5. The molecule has 3 aromatic rings.